The van der Waals surface area contributed by atoms with Crippen molar-refractivity contribution in [2.45, 2.75) is 12.8 Å². The predicted octanol–water partition coefficient (Wildman–Crippen LogP) is 3.44. The van der Waals surface area contributed by atoms with E-state index in [-0.39, 0.29) is 31.0 Å². The predicted molar refractivity (Wildman–Crippen MR) is 88.8 cm³/mol. The summed E-state index contributed by atoms with van der Waals surface area (Å²) in [5, 5.41) is 2.79. The highest BCUT2D eigenvalue weighted by Gasteiger charge is 2.13. The highest BCUT2D eigenvalue weighted by atomic mass is 35.5. The number of hydrogen-bond donors (Lipinski definition) is 1. The van der Waals surface area contributed by atoms with Crippen LogP contribution in [0.25, 0.3) is 0 Å². The van der Waals surface area contributed by atoms with Crippen LogP contribution in [0.5, 0.6) is 0 Å². The normalized spacial score (nSPS) is 10.2. The number of Topliss-reactive ketones (excluding diaryl/α,β-unsaturated/α-hetero) is 2. The summed E-state index contributed by atoms with van der Waals surface area (Å²) in [5.74, 6) is -1.42. The number of rotatable bonds is 7. The summed E-state index contributed by atoms with van der Waals surface area (Å²) in [5.41, 5.74) is 0.679. The summed E-state index contributed by atoms with van der Waals surface area (Å²) < 4.78 is 12.8. The molecule has 0 aliphatic carbocycles. The second-order valence-corrected chi connectivity index (χ2v) is 5.52. The van der Waals surface area contributed by atoms with E-state index in [0.29, 0.717) is 16.1 Å². The maximum Gasteiger partial charge on any atom is 0.220 e. The van der Waals surface area contributed by atoms with Gasteiger partial charge in [0.25, 0.3) is 0 Å². The molecule has 0 bridgehead atoms. The van der Waals surface area contributed by atoms with Crippen LogP contribution in [0.3, 0.4) is 0 Å². The van der Waals surface area contributed by atoms with Crippen molar-refractivity contribution >= 4 is 29.1 Å². The first-order valence-corrected chi connectivity index (χ1v) is 7.68. The Morgan fingerprint density at radius 3 is 2.25 bits per heavy atom. The third-order valence-corrected chi connectivity index (χ3v) is 3.70. The molecule has 0 unspecified atom stereocenters. The van der Waals surface area contributed by atoms with Crippen molar-refractivity contribution in [1.82, 2.24) is 5.32 Å². The average Bonchev–Trinajstić information content (AvgIpc) is 2.58. The number of halogens is 2. The maximum absolute atomic E-state index is 12.8. The van der Waals surface area contributed by atoms with Gasteiger partial charge in [0.2, 0.25) is 5.91 Å². The number of hydrogen-bond acceptors (Lipinski definition) is 3. The van der Waals surface area contributed by atoms with Crippen LogP contribution in [0, 0.1) is 5.82 Å². The molecule has 0 saturated carbocycles. The van der Waals surface area contributed by atoms with Crippen molar-refractivity contribution in [1.29, 1.82) is 0 Å². The van der Waals surface area contributed by atoms with Gasteiger partial charge in [-0.25, -0.2) is 4.39 Å². The van der Waals surface area contributed by atoms with Gasteiger partial charge in [-0.15, -0.1) is 0 Å². The van der Waals surface area contributed by atoms with E-state index in [1.165, 1.54) is 24.3 Å². The fourth-order valence-electron chi connectivity index (χ4n) is 2.05. The van der Waals surface area contributed by atoms with Gasteiger partial charge in [0.1, 0.15) is 5.82 Å². The van der Waals surface area contributed by atoms with Crippen LogP contribution >= 0.6 is 11.6 Å². The second-order valence-electron chi connectivity index (χ2n) is 5.11. The Labute approximate surface area is 143 Å². The lowest BCUT2D eigenvalue weighted by molar-refractivity contribution is -0.120. The quantitative estimate of drug-likeness (QED) is 0.780. The Hall–Kier alpha value is -2.53. The molecule has 0 heterocycles. The molecule has 0 atom stereocenters. The van der Waals surface area contributed by atoms with E-state index in [1.54, 1.807) is 24.3 Å². The molecule has 2 aromatic carbocycles. The van der Waals surface area contributed by atoms with Gasteiger partial charge in [-0.1, -0.05) is 23.7 Å². The molecular formula is C18H15ClFNO3. The summed E-state index contributed by atoms with van der Waals surface area (Å²) in [6.45, 7) is -0.204. The zero-order valence-electron chi connectivity index (χ0n) is 12.7. The molecule has 124 valence electrons. The molecule has 2 aromatic rings. The van der Waals surface area contributed by atoms with Crippen LogP contribution in [0.15, 0.2) is 48.5 Å². The number of amides is 1. The van der Waals surface area contributed by atoms with E-state index < -0.39 is 11.7 Å². The molecule has 1 amide bonds. The summed E-state index contributed by atoms with van der Waals surface area (Å²) in [6.07, 6.45) is -0.0406. The smallest absolute Gasteiger partial charge is 0.220 e. The lowest BCUT2D eigenvalue weighted by Crippen LogP contribution is -2.29. The monoisotopic (exact) mass is 347 g/mol. The van der Waals surface area contributed by atoms with E-state index in [0.717, 1.165) is 0 Å². The summed E-state index contributed by atoms with van der Waals surface area (Å²) >= 11 is 5.92. The number of nitrogens with one attached hydrogen (secondary N) is 1. The fourth-order valence-corrected chi connectivity index (χ4v) is 2.30. The van der Waals surface area contributed by atoms with Crippen LogP contribution < -0.4 is 5.32 Å². The van der Waals surface area contributed by atoms with Gasteiger partial charge in [-0.2, -0.15) is 0 Å². The molecule has 6 heteroatoms. The molecule has 0 fully saturated rings. The Morgan fingerprint density at radius 2 is 1.58 bits per heavy atom. The molecule has 0 aliphatic rings. The third kappa shape index (κ3) is 4.99. The largest absolute Gasteiger partial charge is 0.349 e. The van der Waals surface area contributed by atoms with Crippen LogP contribution in [0.1, 0.15) is 33.6 Å². The van der Waals surface area contributed by atoms with Gasteiger partial charge in [0, 0.05) is 24.0 Å². The molecule has 0 spiro atoms. The Balaban J connectivity index is 1.79. The minimum atomic E-state index is -0.436. The number of benzene rings is 2. The zero-order valence-corrected chi connectivity index (χ0v) is 13.5. The standard InChI is InChI=1S/C18H15ClFNO3/c19-15-4-2-1-3-14(15)16(22)9-10-18(24)21-11-17(23)12-5-7-13(20)8-6-12/h1-8H,9-11H2,(H,21,24). The average molecular weight is 348 g/mol. The number of ketones is 2. The number of carbonyl (C=O) groups is 3. The summed E-state index contributed by atoms with van der Waals surface area (Å²) in [4.78, 5) is 35.6. The van der Waals surface area contributed by atoms with Crippen molar-refractivity contribution < 1.29 is 18.8 Å². The summed E-state index contributed by atoms with van der Waals surface area (Å²) in [6, 6.07) is 11.7. The SMILES string of the molecule is O=C(CCC(=O)c1ccccc1Cl)NCC(=O)c1ccc(F)cc1. The highest BCUT2D eigenvalue weighted by Crippen LogP contribution is 2.17. The van der Waals surface area contributed by atoms with Gasteiger partial charge < -0.3 is 5.32 Å². The van der Waals surface area contributed by atoms with E-state index >= 15 is 0 Å². The van der Waals surface area contributed by atoms with Crippen molar-refractivity contribution in [3.8, 4) is 0 Å². The third-order valence-electron chi connectivity index (χ3n) is 3.37. The van der Waals surface area contributed by atoms with E-state index in [2.05, 4.69) is 5.32 Å². The zero-order chi connectivity index (χ0) is 17.5. The van der Waals surface area contributed by atoms with E-state index in [1.807, 2.05) is 0 Å². The van der Waals surface area contributed by atoms with Crippen LogP contribution in [-0.4, -0.2) is 24.0 Å². The van der Waals surface area contributed by atoms with Crippen molar-refractivity contribution in [2.75, 3.05) is 6.54 Å². The first-order valence-electron chi connectivity index (χ1n) is 7.30. The molecule has 2 rings (SSSR count). The van der Waals surface area contributed by atoms with Gasteiger partial charge >= 0.3 is 0 Å². The Morgan fingerprint density at radius 1 is 0.917 bits per heavy atom. The minimum absolute atomic E-state index is 0.000303. The van der Waals surface area contributed by atoms with Gasteiger partial charge in [0.05, 0.1) is 11.6 Å². The van der Waals surface area contributed by atoms with Crippen molar-refractivity contribution in [2.24, 2.45) is 0 Å². The lowest BCUT2D eigenvalue weighted by atomic mass is 10.1. The van der Waals surface area contributed by atoms with Gasteiger partial charge in [-0.05, 0) is 36.4 Å². The Kier molecular flexibility index (Phi) is 6.21. The van der Waals surface area contributed by atoms with Crippen LogP contribution in [0.4, 0.5) is 4.39 Å². The molecular weight excluding hydrogens is 333 g/mol. The Bertz CT molecular complexity index is 759. The van der Waals surface area contributed by atoms with E-state index in [9.17, 15) is 18.8 Å². The first kappa shape index (κ1) is 17.8. The van der Waals surface area contributed by atoms with Crippen LogP contribution in [0.2, 0.25) is 5.02 Å². The molecule has 0 saturated heterocycles. The first-order chi connectivity index (χ1) is 11.5. The van der Waals surface area contributed by atoms with Crippen molar-refractivity contribution in [3.05, 3.63) is 70.5 Å². The lowest BCUT2D eigenvalue weighted by Gasteiger charge is -2.06. The molecule has 0 radical (unpaired) electrons. The summed E-state index contributed by atoms with van der Waals surface area (Å²) in [7, 11) is 0. The molecule has 1 N–H and O–H groups in total. The fraction of sp³-hybridized carbons (Fsp3) is 0.167. The van der Waals surface area contributed by atoms with Crippen molar-refractivity contribution in [3.63, 3.8) is 0 Å². The topological polar surface area (TPSA) is 63.2 Å². The molecule has 24 heavy (non-hydrogen) atoms. The van der Waals surface area contributed by atoms with Gasteiger partial charge in [0.15, 0.2) is 11.6 Å². The molecule has 4 nitrogen and oxygen atoms in total. The molecule has 0 aromatic heterocycles. The maximum atomic E-state index is 12.8. The molecule has 0 aliphatic heterocycles. The highest BCUT2D eigenvalue weighted by molar-refractivity contribution is 6.34. The minimum Gasteiger partial charge on any atom is -0.349 e. The van der Waals surface area contributed by atoms with E-state index in [4.69, 9.17) is 11.6 Å². The van der Waals surface area contributed by atoms with Gasteiger partial charge in [-0.3, -0.25) is 14.4 Å². The number of carbonyl (C=O) groups excluding carboxylic acids is 3. The van der Waals surface area contributed by atoms with Crippen LogP contribution in [-0.2, 0) is 4.79 Å². The second kappa shape index (κ2) is 8.36.